The predicted octanol–water partition coefficient (Wildman–Crippen LogP) is 3.92. The van der Waals surface area contributed by atoms with E-state index in [-0.39, 0.29) is 23.9 Å². The lowest BCUT2D eigenvalue weighted by Gasteiger charge is -2.32. The number of anilines is 2. The molecule has 2 heterocycles. The molecule has 180 valence electrons. The molecule has 0 radical (unpaired) electrons. The molecule has 0 spiro atoms. The van der Waals surface area contributed by atoms with E-state index >= 15 is 0 Å². The molecule has 0 aromatic heterocycles. The van der Waals surface area contributed by atoms with E-state index in [9.17, 15) is 9.59 Å². The summed E-state index contributed by atoms with van der Waals surface area (Å²) >= 11 is 0. The molecule has 2 aliphatic heterocycles. The second-order valence-electron chi connectivity index (χ2n) is 8.93. The zero-order chi connectivity index (χ0) is 24.2. The first kappa shape index (κ1) is 22.8. The zero-order valence-electron chi connectivity index (χ0n) is 19.7. The van der Waals surface area contributed by atoms with Crippen molar-refractivity contribution in [2.45, 2.75) is 38.0 Å². The van der Waals surface area contributed by atoms with Gasteiger partial charge in [0, 0.05) is 19.0 Å². The molecular weight excluding hydrogens is 442 g/mol. The summed E-state index contributed by atoms with van der Waals surface area (Å²) in [7, 11) is 1.62. The van der Waals surface area contributed by atoms with E-state index in [1.165, 1.54) is 0 Å². The Morgan fingerprint density at radius 2 is 1.83 bits per heavy atom. The molecule has 0 aliphatic carbocycles. The minimum absolute atomic E-state index is 0.0123. The average molecular weight is 472 g/mol. The van der Waals surface area contributed by atoms with Crippen molar-refractivity contribution < 1.29 is 19.1 Å². The van der Waals surface area contributed by atoms with Crippen molar-refractivity contribution >= 4 is 23.2 Å². The van der Waals surface area contributed by atoms with Gasteiger partial charge in [-0.3, -0.25) is 9.59 Å². The molecule has 7 heteroatoms. The van der Waals surface area contributed by atoms with E-state index in [0.717, 1.165) is 22.5 Å². The number of fused-ring (bicyclic) bond motifs is 3. The van der Waals surface area contributed by atoms with Crippen LogP contribution in [-0.2, 0) is 22.6 Å². The van der Waals surface area contributed by atoms with Crippen LogP contribution in [0.25, 0.3) is 0 Å². The van der Waals surface area contributed by atoms with Crippen molar-refractivity contribution in [2.75, 3.05) is 23.9 Å². The van der Waals surface area contributed by atoms with Crippen LogP contribution < -0.4 is 25.0 Å². The number of rotatable bonds is 8. The van der Waals surface area contributed by atoms with Gasteiger partial charge in [0.1, 0.15) is 12.6 Å². The van der Waals surface area contributed by atoms with Crippen molar-refractivity contribution in [3.05, 3.63) is 83.9 Å². The van der Waals surface area contributed by atoms with Crippen molar-refractivity contribution in [3.8, 4) is 11.5 Å². The Morgan fingerprint density at radius 1 is 1.03 bits per heavy atom. The summed E-state index contributed by atoms with van der Waals surface area (Å²) in [5, 5.41) is 6.10. The summed E-state index contributed by atoms with van der Waals surface area (Å²) in [5.41, 5.74) is 3.91. The first-order valence-corrected chi connectivity index (χ1v) is 11.9. The second kappa shape index (κ2) is 10.1. The van der Waals surface area contributed by atoms with Gasteiger partial charge in [0.2, 0.25) is 11.8 Å². The first-order valence-electron chi connectivity index (χ1n) is 11.9. The maximum atomic E-state index is 12.7. The van der Waals surface area contributed by atoms with Crippen LogP contribution in [0.5, 0.6) is 11.5 Å². The van der Waals surface area contributed by atoms with Gasteiger partial charge < -0.3 is 25.0 Å². The normalized spacial score (nSPS) is 18.3. The molecule has 0 saturated carbocycles. The Morgan fingerprint density at radius 3 is 2.66 bits per heavy atom. The highest BCUT2D eigenvalue weighted by Gasteiger charge is 2.41. The molecular formula is C28H29N3O4. The number of nitrogens with zero attached hydrogens (tertiary/aromatic N) is 1. The van der Waals surface area contributed by atoms with Crippen molar-refractivity contribution in [1.82, 2.24) is 5.32 Å². The lowest BCUT2D eigenvalue weighted by Crippen LogP contribution is -2.44. The van der Waals surface area contributed by atoms with Crippen LogP contribution in [0.2, 0.25) is 0 Å². The summed E-state index contributed by atoms with van der Waals surface area (Å²) in [4.78, 5) is 27.4. The smallest absolute Gasteiger partial charge is 0.247 e. The first-order chi connectivity index (χ1) is 17.1. The van der Waals surface area contributed by atoms with Gasteiger partial charge in [-0.2, -0.15) is 0 Å². The van der Waals surface area contributed by atoms with Gasteiger partial charge in [-0.15, -0.1) is 0 Å². The number of benzene rings is 3. The predicted molar refractivity (Wildman–Crippen MR) is 135 cm³/mol. The second-order valence-corrected chi connectivity index (χ2v) is 8.93. The number of aryl methyl sites for hydroxylation is 1. The summed E-state index contributed by atoms with van der Waals surface area (Å²) in [5.74, 6) is 1.29. The molecule has 2 atom stereocenters. The third-order valence-corrected chi connectivity index (χ3v) is 6.55. The number of methoxy groups -OCH3 is 1. The van der Waals surface area contributed by atoms with Crippen LogP contribution in [-0.4, -0.2) is 37.6 Å². The number of nitrogens with one attached hydrogen (secondary N) is 2. The fraction of sp³-hybridized carbons (Fsp3) is 0.286. The highest BCUT2D eigenvalue weighted by molar-refractivity contribution is 6.04. The fourth-order valence-corrected chi connectivity index (χ4v) is 4.78. The summed E-state index contributed by atoms with van der Waals surface area (Å²) < 4.78 is 11.4. The largest absolute Gasteiger partial charge is 0.493 e. The third kappa shape index (κ3) is 5.09. The van der Waals surface area contributed by atoms with Crippen LogP contribution in [0.3, 0.4) is 0 Å². The highest BCUT2D eigenvalue weighted by atomic mass is 16.5. The van der Waals surface area contributed by atoms with E-state index in [1.807, 2.05) is 72.8 Å². The summed E-state index contributed by atoms with van der Waals surface area (Å²) in [6.45, 7) is 1.07. The van der Waals surface area contributed by atoms with E-state index in [4.69, 9.17) is 9.47 Å². The van der Waals surface area contributed by atoms with Gasteiger partial charge >= 0.3 is 0 Å². The van der Waals surface area contributed by atoms with Gasteiger partial charge in [-0.25, -0.2) is 0 Å². The summed E-state index contributed by atoms with van der Waals surface area (Å²) in [6.07, 6.45) is 1.54. The minimum atomic E-state index is -0.249. The molecule has 2 unspecified atom stereocenters. The standard InChI is InChI=1S/C28H29N3O4/c1-34-25-13-11-19(15-26(25)35-18-20-7-3-2-4-8-20)12-14-27(32)29-21-16-24-28(33)30-22-9-5-6-10-23(22)31(24)17-21/h2-11,13,15,21,24H,12,14,16-18H2,1H3,(H,29,32)(H,30,33). The number of amides is 2. The topological polar surface area (TPSA) is 79.9 Å². The Balaban J connectivity index is 1.17. The number of hydrogen-bond acceptors (Lipinski definition) is 5. The van der Waals surface area contributed by atoms with E-state index < -0.39 is 0 Å². The molecule has 3 aromatic carbocycles. The molecule has 2 aliphatic rings. The Bertz CT molecular complexity index is 1210. The monoisotopic (exact) mass is 471 g/mol. The molecule has 5 rings (SSSR count). The van der Waals surface area contributed by atoms with Gasteiger partial charge in [-0.1, -0.05) is 48.5 Å². The minimum Gasteiger partial charge on any atom is -0.493 e. The van der Waals surface area contributed by atoms with Crippen LogP contribution >= 0.6 is 0 Å². The van der Waals surface area contributed by atoms with Crippen molar-refractivity contribution in [3.63, 3.8) is 0 Å². The SMILES string of the molecule is COc1ccc(CCC(=O)NC2CC3C(=O)Nc4ccccc4N3C2)cc1OCc1ccccc1. The molecule has 35 heavy (non-hydrogen) atoms. The number of carbonyl (C=O) groups excluding carboxylic acids is 2. The van der Waals surface area contributed by atoms with Gasteiger partial charge in [0.15, 0.2) is 11.5 Å². The third-order valence-electron chi connectivity index (χ3n) is 6.55. The van der Waals surface area contributed by atoms with E-state index in [0.29, 0.717) is 43.9 Å². The molecule has 2 amide bonds. The summed E-state index contributed by atoms with van der Waals surface area (Å²) in [6, 6.07) is 23.2. The average Bonchev–Trinajstić information content (AvgIpc) is 3.31. The Labute approximate surface area is 205 Å². The molecule has 2 N–H and O–H groups in total. The van der Waals surface area contributed by atoms with Crippen LogP contribution in [0.1, 0.15) is 24.0 Å². The van der Waals surface area contributed by atoms with Crippen molar-refractivity contribution in [1.29, 1.82) is 0 Å². The molecule has 1 fully saturated rings. The van der Waals surface area contributed by atoms with Crippen molar-refractivity contribution in [2.24, 2.45) is 0 Å². The lowest BCUT2D eigenvalue weighted by atomic mass is 10.1. The number of ether oxygens (including phenoxy) is 2. The zero-order valence-corrected chi connectivity index (χ0v) is 19.7. The van der Waals surface area contributed by atoms with E-state index in [2.05, 4.69) is 15.5 Å². The van der Waals surface area contributed by atoms with Gasteiger partial charge in [0.05, 0.1) is 18.5 Å². The molecule has 0 bridgehead atoms. The fourth-order valence-electron chi connectivity index (χ4n) is 4.78. The molecule has 1 saturated heterocycles. The Hall–Kier alpha value is -4.00. The molecule has 3 aromatic rings. The highest BCUT2D eigenvalue weighted by Crippen LogP contribution is 2.36. The van der Waals surface area contributed by atoms with Gasteiger partial charge in [0.25, 0.3) is 0 Å². The van der Waals surface area contributed by atoms with Crippen LogP contribution in [0, 0.1) is 0 Å². The maximum Gasteiger partial charge on any atom is 0.247 e. The number of hydrogen-bond donors (Lipinski definition) is 2. The number of para-hydroxylation sites is 2. The quantitative estimate of drug-likeness (QED) is 0.521. The van der Waals surface area contributed by atoms with Crippen LogP contribution in [0.4, 0.5) is 11.4 Å². The Kier molecular flexibility index (Phi) is 6.57. The van der Waals surface area contributed by atoms with Crippen LogP contribution in [0.15, 0.2) is 72.8 Å². The lowest BCUT2D eigenvalue weighted by molar-refractivity contribution is -0.122. The van der Waals surface area contributed by atoms with E-state index in [1.54, 1.807) is 7.11 Å². The molecule has 7 nitrogen and oxygen atoms in total. The maximum absolute atomic E-state index is 12.7. The number of carbonyl (C=O) groups is 2. The van der Waals surface area contributed by atoms with Gasteiger partial charge in [-0.05, 0) is 48.2 Å².